The molecule has 0 N–H and O–H groups in total. The van der Waals surface area contributed by atoms with Crippen LogP contribution in [0.1, 0.15) is 43.4 Å². The summed E-state index contributed by atoms with van der Waals surface area (Å²) in [5, 5.41) is 0. The average molecular weight is 432 g/mol. The van der Waals surface area contributed by atoms with Crippen LogP contribution in [0.15, 0.2) is 97.1 Å². The third-order valence-electron chi connectivity index (χ3n) is 7.51. The molecule has 2 unspecified atom stereocenters. The number of rotatable bonds is 4. The minimum atomic E-state index is -0.161. The van der Waals surface area contributed by atoms with Gasteiger partial charge in [-0.3, -0.25) is 0 Å². The molecule has 6 rings (SSSR count). The molecule has 0 saturated carbocycles. The van der Waals surface area contributed by atoms with E-state index in [0.717, 1.165) is 29.9 Å². The van der Waals surface area contributed by atoms with Crippen molar-refractivity contribution in [1.82, 2.24) is 0 Å². The summed E-state index contributed by atoms with van der Waals surface area (Å²) in [6, 6.07) is 34.9. The lowest BCUT2D eigenvalue weighted by atomic mass is 9.77. The summed E-state index contributed by atoms with van der Waals surface area (Å²) in [6.45, 7) is 6.70. The lowest BCUT2D eigenvalue weighted by molar-refractivity contribution is -0.0662. The molecular weight excluding hydrogens is 402 g/mol. The molecule has 1 saturated heterocycles. The third-order valence-corrected chi connectivity index (χ3v) is 7.51. The van der Waals surface area contributed by atoms with Crippen molar-refractivity contribution in [2.24, 2.45) is 0 Å². The van der Waals surface area contributed by atoms with Gasteiger partial charge in [-0.25, -0.2) is 0 Å². The summed E-state index contributed by atoms with van der Waals surface area (Å²) in [5.74, 6) is 0. The van der Waals surface area contributed by atoms with Crippen LogP contribution in [0, 0.1) is 6.92 Å². The van der Waals surface area contributed by atoms with Crippen molar-refractivity contribution in [2.75, 3.05) is 4.90 Å². The van der Waals surface area contributed by atoms with Gasteiger partial charge in [-0.05, 0) is 104 Å². The zero-order valence-corrected chi connectivity index (χ0v) is 19.5. The van der Waals surface area contributed by atoms with Crippen LogP contribution in [-0.2, 0) is 15.9 Å². The number of hydrogen-bond donors (Lipinski definition) is 0. The Bertz CT molecular complexity index is 1290. The van der Waals surface area contributed by atoms with E-state index in [4.69, 9.17) is 4.74 Å². The van der Waals surface area contributed by atoms with Gasteiger partial charge in [-0.2, -0.15) is 0 Å². The van der Waals surface area contributed by atoms with E-state index in [9.17, 15) is 0 Å². The Hall–Kier alpha value is -3.36. The smallest absolute Gasteiger partial charge is 0.0920 e. The second-order valence-electron chi connectivity index (χ2n) is 9.83. The van der Waals surface area contributed by atoms with Gasteiger partial charge in [0.25, 0.3) is 0 Å². The lowest BCUT2D eigenvalue weighted by Crippen LogP contribution is -2.17. The second-order valence-corrected chi connectivity index (χ2v) is 9.83. The van der Waals surface area contributed by atoms with Crippen molar-refractivity contribution < 1.29 is 4.74 Å². The minimum Gasteiger partial charge on any atom is -0.360 e. The largest absolute Gasteiger partial charge is 0.360 e. The van der Waals surface area contributed by atoms with E-state index in [1.807, 2.05) is 0 Å². The molecule has 33 heavy (non-hydrogen) atoms. The van der Waals surface area contributed by atoms with E-state index in [0.29, 0.717) is 0 Å². The first-order valence-corrected chi connectivity index (χ1v) is 11.8. The van der Waals surface area contributed by atoms with Gasteiger partial charge in [0.05, 0.1) is 11.2 Å². The summed E-state index contributed by atoms with van der Waals surface area (Å²) in [4.78, 5) is 2.32. The van der Waals surface area contributed by atoms with Gasteiger partial charge in [-0.15, -0.1) is 0 Å². The molecule has 4 aromatic carbocycles. The first kappa shape index (κ1) is 20.3. The molecule has 2 bridgehead atoms. The van der Waals surface area contributed by atoms with Crippen LogP contribution in [0.4, 0.5) is 17.1 Å². The number of anilines is 3. The number of hydrogen-bond acceptors (Lipinski definition) is 2. The van der Waals surface area contributed by atoms with Crippen LogP contribution >= 0.6 is 0 Å². The maximum atomic E-state index is 6.51. The van der Waals surface area contributed by atoms with E-state index in [2.05, 4.69) is 123 Å². The number of benzene rings is 4. The van der Waals surface area contributed by atoms with Crippen molar-refractivity contribution in [3.05, 3.63) is 114 Å². The Labute approximate surface area is 196 Å². The van der Waals surface area contributed by atoms with Crippen molar-refractivity contribution in [3.8, 4) is 11.1 Å². The van der Waals surface area contributed by atoms with Crippen LogP contribution in [0.2, 0.25) is 0 Å². The monoisotopic (exact) mass is 431 g/mol. The Morgan fingerprint density at radius 2 is 1.24 bits per heavy atom. The van der Waals surface area contributed by atoms with E-state index in [1.165, 1.54) is 27.8 Å². The van der Waals surface area contributed by atoms with Gasteiger partial charge >= 0.3 is 0 Å². The molecular formula is C31H29NO. The molecule has 2 aliphatic rings. The molecule has 0 spiro atoms. The standard InChI is InChI=1S/C31H29NO/c1-22-14-16-26(32(24-10-6-4-7-11-24)25-12-8-5-9-13-25)21-27(22)23-15-17-28-29(20-23)31(3)19-18-30(28,2)33-31/h4-17,20-21H,18-19H2,1-3H3. The zero-order chi connectivity index (χ0) is 22.6. The SMILES string of the molecule is Cc1ccc(N(c2ccccc2)c2ccccc2)cc1-c1ccc2c(c1)C1(C)CCC2(C)O1. The summed E-state index contributed by atoms with van der Waals surface area (Å²) < 4.78 is 6.51. The van der Waals surface area contributed by atoms with Crippen LogP contribution in [0.3, 0.4) is 0 Å². The molecule has 2 heteroatoms. The first-order chi connectivity index (χ1) is 16.0. The first-order valence-electron chi connectivity index (χ1n) is 11.8. The molecule has 0 radical (unpaired) electrons. The lowest BCUT2D eigenvalue weighted by Gasteiger charge is -2.27. The molecule has 0 aliphatic carbocycles. The molecule has 1 fully saturated rings. The van der Waals surface area contributed by atoms with E-state index < -0.39 is 0 Å². The van der Waals surface area contributed by atoms with Gasteiger partial charge in [0.15, 0.2) is 0 Å². The highest BCUT2D eigenvalue weighted by Gasteiger charge is 2.54. The number of aryl methyl sites for hydroxylation is 1. The normalized spacial score (nSPS) is 22.9. The number of para-hydroxylation sites is 2. The maximum Gasteiger partial charge on any atom is 0.0920 e. The summed E-state index contributed by atoms with van der Waals surface area (Å²) in [5.41, 5.74) is 9.70. The Kier molecular flexibility index (Phi) is 4.50. The minimum absolute atomic E-state index is 0.128. The number of fused-ring (bicyclic) bond motifs is 5. The predicted octanol–water partition coefficient (Wildman–Crippen LogP) is 8.39. The molecule has 4 aromatic rings. The van der Waals surface area contributed by atoms with Gasteiger partial charge in [-0.1, -0.05) is 54.6 Å². The fourth-order valence-corrected chi connectivity index (χ4v) is 5.73. The summed E-state index contributed by atoms with van der Waals surface area (Å²) in [7, 11) is 0. The Balaban J connectivity index is 1.48. The van der Waals surface area contributed by atoms with Crippen molar-refractivity contribution in [2.45, 2.75) is 44.8 Å². The van der Waals surface area contributed by atoms with E-state index >= 15 is 0 Å². The van der Waals surface area contributed by atoms with E-state index in [-0.39, 0.29) is 11.2 Å². The predicted molar refractivity (Wildman–Crippen MR) is 136 cm³/mol. The molecule has 164 valence electrons. The Morgan fingerprint density at radius 1 is 0.636 bits per heavy atom. The van der Waals surface area contributed by atoms with Gasteiger partial charge in [0.2, 0.25) is 0 Å². The molecule has 0 aromatic heterocycles. The second kappa shape index (κ2) is 7.33. The van der Waals surface area contributed by atoms with Crippen LogP contribution in [0.5, 0.6) is 0 Å². The van der Waals surface area contributed by atoms with Gasteiger partial charge < -0.3 is 9.64 Å². The number of nitrogens with zero attached hydrogens (tertiary/aromatic N) is 1. The molecule has 2 aliphatic heterocycles. The van der Waals surface area contributed by atoms with Crippen LogP contribution < -0.4 is 4.90 Å². The Morgan fingerprint density at radius 3 is 1.88 bits per heavy atom. The molecule has 2 nitrogen and oxygen atoms in total. The van der Waals surface area contributed by atoms with Crippen molar-refractivity contribution in [3.63, 3.8) is 0 Å². The van der Waals surface area contributed by atoms with E-state index in [1.54, 1.807) is 0 Å². The van der Waals surface area contributed by atoms with Gasteiger partial charge in [0.1, 0.15) is 0 Å². The fourth-order valence-electron chi connectivity index (χ4n) is 5.73. The summed E-state index contributed by atoms with van der Waals surface area (Å²) >= 11 is 0. The highest BCUT2D eigenvalue weighted by molar-refractivity contribution is 5.81. The summed E-state index contributed by atoms with van der Waals surface area (Å²) in [6.07, 6.45) is 2.20. The third kappa shape index (κ3) is 3.20. The average Bonchev–Trinajstić information content (AvgIpc) is 3.28. The fraction of sp³-hybridized carbons (Fsp3) is 0.226. The maximum absolute atomic E-state index is 6.51. The van der Waals surface area contributed by atoms with Crippen molar-refractivity contribution in [1.29, 1.82) is 0 Å². The zero-order valence-electron chi connectivity index (χ0n) is 19.5. The quantitative estimate of drug-likeness (QED) is 0.322. The molecule has 0 amide bonds. The molecule has 2 heterocycles. The molecule has 2 atom stereocenters. The van der Waals surface area contributed by atoms with Crippen LogP contribution in [-0.4, -0.2) is 0 Å². The van der Waals surface area contributed by atoms with Crippen molar-refractivity contribution >= 4 is 17.1 Å². The number of ether oxygens (including phenoxy) is 1. The van der Waals surface area contributed by atoms with Crippen LogP contribution in [0.25, 0.3) is 11.1 Å². The van der Waals surface area contributed by atoms with Gasteiger partial charge in [0, 0.05) is 17.1 Å². The topological polar surface area (TPSA) is 12.5 Å². The highest BCUT2D eigenvalue weighted by atomic mass is 16.5. The highest BCUT2D eigenvalue weighted by Crippen LogP contribution is 2.58.